The Morgan fingerprint density at radius 2 is 1.48 bits per heavy atom. The molecule has 0 bridgehead atoms. The molecule has 0 radical (unpaired) electrons. The van der Waals surface area contributed by atoms with Crippen molar-refractivity contribution in [2.24, 2.45) is 0 Å². The average Bonchev–Trinajstić information content (AvgIpc) is 2.80. The van der Waals surface area contributed by atoms with Crippen molar-refractivity contribution >= 4 is 30.8 Å². The molecule has 0 amide bonds. The number of piperazine rings is 1. The summed E-state index contributed by atoms with van der Waals surface area (Å²) in [5.41, 5.74) is 2.30. The summed E-state index contributed by atoms with van der Waals surface area (Å²) >= 11 is 0. The lowest BCUT2D eigenvalue weighted by molar-refractivity contribution is -0.145. The van der Waals surface area contributed by atoms with Crippen LogP contribution in [0.3, 0.4) is 0 Å². The Morgan fingerprint density at radius 3 is 2.06 bits per heavy atom. The maximum absolute atomic E-state index is 11.8. The second kappa shape index (κ2) is 14.9. The Bertz CT molecular complexity index is 846. The topological polar surface area (TPSA) is 60.5 Å². The molecule has 33 heavy (non-hydrogen) atoms. The summed E-state index contributed by atoms with van der Waals surface area (Å²) in [6.45, 7) is 7.51. The van der Waals surface area contributed by atoms with Gasteiger partial charge in [0.2, 0.25) is 5.75 Å². The zero-order valence-corrected chi connectivity index (χ0v) is 21.1. The van der Waals surface area contributed by atoms with E-state index < -0.39 is 5.97 Å². The first-order chi connectivity index (χ1) is 15.1. The minimum Gasteiger partial charge on any atom is -0.493 e. The number of esters is 1. The van der Waals surface area contributed by atoms with Crippen LogP contribution < -0.4 is 14.2 Å². The predicted octanol–water partition coefficient (Wildman–Crippen LogP) is 3.81. The third-order valence-corrected chi connectivity index (χ3v) is 5.33. The molecule has 0 aromatic heterocycles. The van der Waals surface area contributed by atoms with E-state index >= 15 is 0 Å². The van der Waals surface area contributed by atoms with E-state index in [1.807, 2.05) is 18.2 Å². The lowest BCUT2D eigenvalue weighted by Gasteiger charge is -2.35. The molecule has 7 nitrogen and oxygen atoms in total. The van der Waals surface area contributed by atoms with Crippen molar-refractivity contribution in [3.8, 4) is 17.2 Å². The van der Waals surface area contributed by atoms with E-state index in [1.165, 1.54) is 5.56 Å². The molecule has 1 heterocycles. The van der Waals surface area contributed by atoms with Gasteiger partial charge in [0.25, 0.3) is 0 Å². The zero-order valence-electron chi connectivity index (χ0n) is 19.5. The quantitative estimate of drug-likeness (QED) is 0.459. The van der Waals surface area contributed by atoms with Crippen molar-refractivity contribution in [2.45, 2.75) is 20.0 Å². The van der Waals surface area contributed by atoms with E-state index in [1.54, 1.807) is 21.1 Å². The highest BCUT2D eigenvalue weighted by Crippen LogP contribution is 2.40. The Morgan fingerprint density at radius 1 is 0.848 bits per heavy atom. The van der Waals surface area contributed by atoms with Gasteiger partial charge in [-0.05, 0) is 18.6 Å². The van der Waals surface area contributed by atoms with E-state index in [-0.39, 0.29) is 31.4 Å². The van der Waals surface area contributed by atoms with Crippen LogP contribution in [0.15, 0.2) is 42.5 Å². The number of carbonyl (C=O) groups is 1. The molecule has 9 heteroatoms. The van der Waals surface area contributed by atoms with Gasteiger partial charge in [-0.2, -0.15) is 0 Å². The van der Waals surface area contributed by atoms with Gasteiger partial charge >= 0.3 is 5.97 Å². The smallest absolute Gasteiger partial charge is 0.344 e. The van der Waals surface area contributed by atoms with Crippen molar-refractivity contribution < 1.29 is 23.7 Å². The van der Waals surface area contributed by atoms with Crippen LogP contribution in [0.4, 0.5) is 0 Å². The van der Waals surface area contributed by atoms with Gasteiger partial charge in [0.15, 0.2) is 18.1 Å². The Labute approximate surface area is 208 Å². The summed E-state index contributed by atoms with van der Waals surface area (Å²) in [5.74, 6) is 1.18. The molecule has 0 N–H and O–H groups in total. The summed E-state index contributed by atoms with van der Waals surface area (Å²) in [6.07, 6.45) is 0. The Kier molecular flexibility index (Phi) is 13.0. The summed E-state index contributed by atoms with van der Waals surface area (Å²) in [6, 6.07) is 14.4. The molecule has 184 valence electrons. The average molecular weight is 501 g/mol. The molecule has 1 fully saturated rings. The van der Waals surface area contributed by atoms with Gasteiger partial charge in [-0.3, -0.25) is 9.80 Å². The molecule has 1 aliphatic rings. The highest BCUT2D eigenvalue weighted by atomic mass is 35.5. The van der Waals surface area contributed by atoms with Crippen LogP contribution in [0.2, 0.25) is 0 Å². The first kappa shape index (κ1) is 28.8. The van der Waals surface area contributed by atoms with Gasteiger partial charge in [-0.15, -0.1) is 24.8 Å². The number of hydrogen-bond acceptors (Lipinski definition) is 7. The monoisotopic (exact) mass is 500 g/mol. The minimum absolute atomic E-state index is 0. The van der Waals surface area contributed by atoms with Crippen molar-refractivity contribution in [1.82, 2.24) is 9.80 Å². The van der Waals surface area contributed by atoms with Gasteiger partial charge in [-0.25, -0.2) is 4.79 Å². The summed E-state index contributed by atoms with van der Waals surface area (Å²) in [7, 11) is 3.15. The number of halogens is 2. The maximum atomic E-state index is 11.8. The Balaban J connectivity index is 0.00000272. The Hall–Kier alpha value is -2.19. The number of ether oxygens (including phenoxy) is 4. The number of carbonyl (C=O) groups excluding carboxylic acids is 1. The van der Waals surface area contributed by atoms with Gasteiger partial charge in [-0.1, -0.05) is 36.4 Å². The van der Waals surface area contributed by atoms with Crippen LogP contribution in [0.1, 0.15) is 18.1 Å². The molecular weight excluding hydrogens is 467 g/mol. The summed E-state index contributed by atoms with van der Waals surface area (Å²) in [5, 5.41) is 0. The fraction of sp³-hybridized carbons (Fsp3) is 0.458. The highest BCUT2D eigenvalue weighted by Gasteiger charge is 2.22. The van der Waals surface area contributed by atoms with E-state index in [0.29, 0.717) is 30.4 Å². The first-order valence-electron chi connectivity index (χ1n) is 10.7. The van der Waals surface area contributed by atoms with Crippen molar-refractivity contribution in [2.75, 3.05) is 53.6 Å². The van der Waals surface area contributed by atoms with Crippen LogP contribution >= 0.6 is 24.8 Å². The van der Waals surface area contributed by atoms with Crippen LogP contribution in [-0.4, -0.2) is 69.4 Å². The number of hydrogen-bond donors (Lipinski definition) is 0. The number of rotatable bonds is 10. The van der Waals surface area contributed by atoms with E-state index in [9.17, 15) is 4.79 Å². The fourth-order valence-electron chi connectivity index (χ4n) is 3.74. The molecule has 2 aromatic rings. The summed E-state index contributed by atoms with van der Waals surface area (Å²) in [4.78, 5) is 16.7. The van der Waals surface area contributed by atoms with Gasteiger partial charge in [0, 0.05) is 44.8 Å². The summed E-state index contributed by atoms with van der Waals surface area (Å²) < 4.78 is 21.8. The van der Waals surface area contributed by atoms with E-state index in [4.69, 9.17) is 18.9 Å². The first-order valence-corrected chi connectivity index (χ1v) is 10.7. The van der Waals surface area contributed by atoms with Gasteiger partial charge < -0.3 is 18.9 Å². The van der Waals surface area contributed by atoms with Gasteiger partial charge in [0.1, 0.15) is 0 Å². The standard InChI is InChI=1S/C24H32N2O5.2ClH/c1-4-30-22(27)18-31-23-20(10-11-21(28-2)24(23)29-3)17-26-14-12-25(13-15-26)16-19-8-6-5-7-9-19;;/h5-11H,4,12-18H2,1-3H3;2*1H. The predicted molar refractivity (Wildman–Crippen MR) is 133 cm³/mol. The van der Waals surface area contributed by atoms with Crippen LogP contribution in [-0.2, 0) is 22.6 Å². The van der Waals surface area contributed by atoms with Crippen LogP contribution in [0.25, 0.3) is 0 Å². The molecule has 0 unspecified atom stereocenters. The second-order valence-electron chi connectivity index (χ2n) is 7.42. The normalized spacial score (nSPS) is 13.9. The minimum atomic E-state index is -0.409. The third-order valence-electron chi connectivity index (χ3n) is 5.33. The van der Waals surface area contributed by atoms with Crippen molar-refractivity contribution in [3.63, 3.8) is 0 Å². The van der Waals surface area contributed by atoms with E-state index in [2.05, 4.69) is 34.1 Å². The highest BCUT2D eigenvalue weighted by molar-refractivity contribution is 5.85. The van der Waals surface area contributed by atoms with Crippen LogP contribution in [0, 0.1) is 0 Å². The maximum Gasteiger partial charge on any atom is 0.344 e. The van der Waals surface area contributed by atoms with Crippen molar-refractivity contribution in [1.29, 1.82) is 0 Å². The van der Waals surface area contributed by atoms with Crippen LogP contribution in [0.5, 0.6) is 17.2 Å². The molecule has 1 saturated heterocycles. The van der Waals surface area contributed by atoms with E-state index in [0.717, 1.165) is 38.3 Å². The molecule has 0 spiro atoms. The number of methoxy groups -OCH3 is 2. The van der Waals surface area contributed by atoms with Crippen molar-refractivity contribution in [3.05, 3.63) is 53.6 Å². The molecule has 2 aromatic carbocycles. The molecule has 3 rings (SSSR count). The molecule has 0 saturated carbocycles. The lowest BCUT2D eigenvalue weighted by Crippen LogP contribution is -2.45. The number of nitrogens with zero attached hydrogens (tertiary/aromatic N) is 2. The molecular formula is C24H34Cl2N2O5. The zero-order chi connectivity index (χ0) is 22.1. The lowest BCUT2D eigenvalue weighted by atomic mass is 10.1. The molecule has 0 atom stereocenters. The SMILES string of the molecule is CCOC(=O)COc1c(CN2CCN(Cc3ccccc3)CC2)ccc(OC)c1OC.Cl.Cl. The molecule has 0 aliphatic carbocycles. The molecule has 1 aliphatic heterocycles. The fourth-order valence-corrected chi connectivity index (χ4v) is 3.74. The number of benzene rings is 2. The third kappa shape index (κ3) is 8.27. The largest absolute Gasteiger partial charge is 0.493 e. The second-order valence-corrected chi connectivity index (χ2v) is 7.42. The van der Waals surface area contributed by atoms with Gasteiger partial charge in [0.05, 0.1) is 20.8 Å².